The lowest BCUT2D eigenvalue weighted by atomic mass is 9.96. The van der Waals surface area contributed by atoms with E-state index in [2.05, 4.69) is 45.9 Å². The van der Waals surface area contributed by atoms with Crippen molar-refractivity contribution < 1.29 is 9.59 Å². The topological polar surface area (TPSA) is 69.3 Å². The highest BCUT2D eigenvalue weighted by Crippen LogP contribution is 2.26. The van der Waals surface area contributed by atoms with Gasteiger partial charge in [-0.05, 0) is 42.8 Å². The number of nitrogens with one attached hydrogen (secondary N) is 1. The summed E-state index contributed by atoms with van der Waals surface area (Å²) in [4.78, 5) is 31.1. The number of nitrogens with zero attached hydrogens (tertiary/aromatic N) is 3. The second kappa shape index (κ2) is 8.83. The normalized spacial score (nSPS) is 17.3. The molecule has 1 saturated heterocycles. The summed E-state index contributed by atoms with van der Waals surface area (Å²) in [5, 5.41) is 8.87. The third-order valence-electron chi connectivity index (χ3n) is 5.71. The van der Waals surface area contributed by atoms with E-state index in [-0.39, 0.29) is 17.7 Å². The van der Waals surface area contributed by atoms with Gasteiger partial charge in [0.25, 0.3) is 5.91 Å². The Morgan fingerprint density at radius 1 is 1.23 bits per heavy atom. The van der Waals surface area contributed by atoms with Crippen LogP contribution in [0.25, 0.3) is 10.4 Å². The maximum atomic E-state index is 13.1. The van der Waals surface area contributed by atoms with Crippen LogP contribution in [-0.4, -0.2) is 58.0 Å². The molecule has 0 bridgehead atoms. The summed E-state index contributed by atoms with van der Waals surface area (Å²) in [6.45, 7) is 6.00. The fourth-order valence-electron chi connectivity index (χ4n) is 3.96. The van der Waals surface area contributed by atoms with Gasteiger partial charge in [0.1, 0.15) is 0 Å². The summed E-state index contributed by atoms with van der Waals surface area (Å²) in [7, 11) is 0. The van der Waals surface area contributed by atoms with Gasteiger partial charge in [0.2, 0.25) is 5.91 Å². The number of rotatable bonds is 5. The first kappa shape index (κ1) is 20.3. The number of likely N-dealkylation sites (N-methyl/N-ethyl adjacent to an activating group) is 1. The number of hydrogen-bond acceptors (Lipinski definition) is 4. The molecular weight excluding hydrogens is 396 g/mol. The van der Waals surface area contributed by atoms with E-state index in [0.29, 0.717) is 38.2 Å². The minimum atomic E-state index is -0.254. The Kier molecular flexibility index (Phi) is 5.99. The average Bonchev–Trinajstić information content (AvgIpc) is 3.41. The quantitative estimate of drug-likeness (QED) is 0.683. The van der Waals surface area contributed by atoms with Crippen LogP contribution in [0.4, 0.5) is 0 Å². The largest absolute Gasteiger partial charge is 0.341 e. The molecule has 6 nitrogen and oxygen atoms in total. The van der Waals surface area contributed by atoms with Crippen LogP contribution < -0.4 is 0 Å². The number of aromatic nitrogens is 2. The first-order valence-corrected chi connectivity index (χ1v) is 11.2. The highest BCUT2D eigenvalue weighted by Gasteiger charge is 2.32. The first-order valence-electron chi connectivity index (χ1n) is 10.3. The van der Waals surface area contributed by atoms with E-state index >= 15 is 0 Å². The van der Waals surface area contributed by atoms with Crippen LogP contribution in [0.15, 0.2) is 48.0 Å². The summed E-state index contributed by atoms with van der Waals surface area (Å²) in [5.41, 5.74) is 3.62. The zero-order valence-corrected chi connectivity index (χ0v) is 18.1. The van der Waals surface area contributed by atoms with Gasteiger partial charge < -0.3 is 9.80 Å². The van der Waals surface area contributed by atoms with E-state index < -0.39 is 0 Å². The molecule has 0 spiro atoms. The number of hydrogen-bond donors (Lipinski definition) is 1. The number of benzene rings is 1. The second-order valence-electron chi connectivity index (χ2n) is 7.65. The molecule has 4 rings (SSSR count). The molecule has 0 unspecified atom stereocenters. The molecule has 1 aliphatic rings. The molecule has 0 radical (unpaired) electrons. The molecule has 1 fully saturated rings. The lowest BCUT2D eigenvalue weighted by molar-refractivity contribution is -0.134. The summed E-state index contributed by atoms with van der Waals surface area (Å²) >= 11 is 1.71. The molecule has 1 aromatic carbocycles. The van der Waals surface area contributed by atoms with E-state index in [9.17, 15) is 9.59 Å². The van der Waals surface area contributed by atoms with Crippen LogP contribution in [0.5, 0.6) is 0 Å². The molecule has 1 atom stereocenters. The van der Waals surface area contributed by atoms with Crippen molar-refractivity contribution in [1.82, 2.24) is 20.0 Å². The molecule has 1 N–H and O–H groups in total. The van der Waals surface area contributed by atoms with Gasteiger partial charge in [0, 0.05) is 36.8 Å². The van der Waals surface area contributed by atoms with Gasteiger partial charge in [-0.3, -0.25) is 14.7 Å². The Morgan fingerprint density at radius 3 is 2.67 bits per heavy atom. The Hall–Kier alpha value is -2.93. The first-order chi connectivity index (χ1) is 14.6. The molecular formula is C23H26N4O2S. The number of carbonyl (C=O) groups excluding carboxylic acids is 2. The van der Waals surface area contributed by atoms with Gasteiger partial charge in [-0.15, -0.1) is 11.3 Å². The maximum Gasteiger partial charge on any atom is 0.257 e. The summed E-state index contributed by atoms with van der Waals surface area (Å²) < 4.78 is 0. The summed E-state index contributed by atoms with van der Waals surface area (Å²) in [6, 6.07) is 12.6. The lowest BCUT2D eigenvalue weighted by Gasteiger charge is -2.23. The van der Waals surface area contributed by atoms with E-state index in [1.54, 1.807) is 22.4 Å². The number of aromatic amines is 1. The van der Waals surface area contributed by atoms with E-state index in [0.717, 1.165) is 11.3 Å². The van der Waals surface area contributed by atoms with E-state index in [1.807, 2.05) is 24.8 Å². The third-order valence-corrected chi connectivity index (χ3v) is 6.63. The monoisotopic (exact) mass is 422 g/mol. The van der Waals surface area contributed by atoms with E-state index in [4.69, 9.17) is 0 Å². The van der Waals surface area contributed by atoms with Crippen molar-refractivity contribution in [3.63, 3.8) is 0 Å². The van der Waals surface area contributed by atoms with Crippen molar-refractivity contribution in [2.75, 3.05) is 26.2 Å². The third kappa shape index (κ3) is 4.16. The zero-order chi connectivity index (χ0) is 21.1. The van der Waals surface area contributed by atoms with Crippen LogP contribution in [0.1, 0.15) is 28.5 Å². The van der Waals surface area contributed by atoms with Gasteiger partial charge >= 0.3 is 0 Å². The van der Waals surface area contributed by atoms with Crippen LogP contribution in [0, 0.1) is 12.8 Å². The van der Waals surface area contributed by atoms with Gasteiger partial charge in [0.15, 0.2) is 0 Å². The Morgan fingerprint density at radius 2 is 2.03 bits per heavy atom. The second-order valence-corrected chi connectivity index (χ2v) is 8.60. The zero-order valence-electron chi connectivity index (χ0n) is 17.3. The maximum absolute atomic E-state index is 13.1. The highest BCUT2D eigenvalue weighted by atomic mass is 32.1. The van der Waals surface area contributed by atoms with Crippen molar-refractivity contribution in [3.8, 4) is 10.4 Å². The van der Waals surface area contributed by atoms with Gasteiger partial charge in [-0.2, -0.15) is 5.10 Å². The van der Waals surface area contributed by atoms with Crippen molar-refractivity contribution in [2.45, 2.75) is 20.3 Å². The van der Waals surface area contributed by atoms with Crippen molar-refractivity contribution >= 4 is 23.2 Å². The molecule has 0 aliphatic carbocycles. The number of thiophene rings is 1. The average molecular weight is 423 g/mol. The standard InChI is InChI=1S/C23H26N4O2S/c1-3-26-10-11-27(23(29)20-14-24-25-16(20)2)15-19(22(26)28)13-17-6-8-18(9-7-17)21-5-4-12-30-21/h4-9,12,14,19H,3,10-11,13,15H2,1-2H3,(H,24,25)/t19-/m0/s1. The van der Waals surface area contributed by atoms with Gasteiger partial charge in [-0.1, -0.05) is 30.3 Å². The Bertz CT molecular complexity index is 1010. The summed E-state index contributed by atoms with van der Waals surface area (Å²) in [5.74, 6) is -0.194. The molecule has 7 heteroatoms. The predicted octanol–water partition coefficient (Wildman–Crippen LogP) is 3.61. The fourth-order valence-corrected chi connectivity index (χ4v) is 4.70. The van der Waals surface area contributed by atoms with Gasteiger partial charge in [-0.25, -0.2) is 0 Å². The van der Waals surface area contributed by atoms with Crippen LogP contribution in [0.2, 0.25) is 0 Å². The van der Waals surface area contributed by atoms with Gasteiger partial charge in [0.05, 0.1) is 17.7 Å². The van der Waals surface area contributed by atoms with Crippen LogP contribution >= 0.6 is 11.3 Å². The lowest BCUT2D eigenvalue weighted by Crippen LogP contribution is -2.38. The number of aryl methyl sites for hydroxylation is 1. The summed E-state index contributed by atoms with van der Waals surface area (Å²) in [6.07, 6.45) is 2.19. The van der Waals surface area contributed by atoms with Crippen LogP contribution in [0.3, 0.4) is 0 Å². The number of amides is 2. The molecule has 3 heterocycles. The molecule has 2 amide bonds. The minimum absolute atomic E-state index is 0.0648. The van der Waals surface area contributed by atoms with Crippen molar-refractivity contribution in [1.29, 1.82) is 0 Å². The van der Waals surface area contributed by atoms with Crippen molar-refractivity contribution in [3.05, 3.63) is 64.8 Å². The molecule has 1 aliphatic heterocycles. The molecule has 156 valence electrons. The molecule has 30 heavy (non-hydrogen) atoms. The van der Waals surface area contributed by atoms with Crippen LogP contribution in [-0.2, 0) is 11.2 Å². The smallest absolute Gasteiger partial charge is 0.257 e. The SMILES string of the molecule is CCN1CCN(C(=O)c2cn[nH]c2C)C[C@H](Cc2ccc(-c3cccs3)cc2)C1=O. The fraction of sp³-hybridized carbons (Fsp3) is 0.348. The molecule has 2 aromatic heterocycles. The number of carbonyl (C=O) groups is 2. The Balaban J connectivity index is 1.54. The Labute approximate surface area is 180 Å². The van der Waals surface area contributed by atoms with Crippen molar-refractivity contribution in [2.24, 2.45) is 5.92 Å². The highest BCUT2D eigenvalue weighted by molar-refractivity contribution is 7.13. The molecule has 0 saturated carbocycles. The van der Waals surface area contributed by atoms with E-state index in [1.165, 1.54) is 10.4 Å². The number of H-pyrrole nitrogens is 1. The minimum Gasteiger partial charge on any atom is -0.341 e. The predicted molar refractivity (Wildman–Crippen MR) is 118 cm³/mol. The molecule has 3 aromatic rings.